The fourth-order valence-electron chi connectivity index (χ4n) is 2.01. The largest absolute Gasteiger partial charge is 0.412 e. The summed E-state index contributed by atoms with van der Waals surface area (Å²) in [5.74, 6) is -0.228. The second kappa shape index (κ2) is 8.86. The molecule has 0 aliphatic rings. The summed E-state index contributed by atoms with van der Waals surface area (Å²) in [5, 5.41) is 4.94. The highest BCUT2D eigenvalue weighted by Gasteiger charge is 2.12. The van der Waals surface area contributed by atoms with Gasteiger partial charge in [-0.15, -0.1) is 0 Å². The predicted molar refractivity (Wildman–Crippen MR) is 98.6 cm³/mol. The summed E-state index contributed by atoms with van der Waals surface area (Å²) < 4.78 is 31.5. The van der Waals surface area contributed by atoms with E-state index in [1.54, 1.807) is 48.5 Å². The van der Waals surface area contributed by atoms with E-state index in [1.165, 1.54) is 13.0 Å². The van der Waals surface area contributed by atoms with E-state index in [9.17, 15) is 18.0 Å². The Kier molecular flexibility index (Phi) is 6.56. The third-order valence-electron chi connectivity index (χ3n) is 3.05. The number of carbonyl (C=O) groups excluding carboxylic acids is 2. The molecule has 0 spiro atoms. The topological polar surface area (TPSA) is 114 Å². The quantitative estimate of drug-likeness (QED) is 0.684. The van der Waals surface area contributed by atoms with Crippen LogP contribution in [0.3, 0.4) is 0 Å². The van der Waals surface area contributed by atoms with Crippen LogP contribution >= 0.6 is 0 Å². The van der Waals surface area contributed by atoms with Crippen molar-refractivity contribution in [3.8, 4) is 5.75 Å². The van der Waals surface area contributed by atoms with Crippen LogP contribution in [-0.4, -0.2) is 32.7 Å². The standard InChI is InChI=1S/C17H19N3O5S/c1-13(21)19-14-6-5-7-15(12-14)20-26(23,24)11-10-18-17(22)25-16-8-3-2-4-9-16/h2-9,12,20H,10-11H2,1H3,(H,18,22)(H,19,21). The van der Waals surface area contributed by atoms with Crippen molar-refractivity contribution in [1.82, 2.24) is 5.32 Å². The summed E-state index contributed by atoms with van der Waals surface area (Å²) in [5.41, 5.74) is 0.783. The van der Waals surface area contributed by atoms with Crippen LogP contribution in [0, 0.1) is 0 Å². The van der Waals surface area contributed by atoms with E-state index < -0.39 is 16.1 Å². The molecule has 0 heterocycles. The van der Waals surface area contributed by atoms with Crippen molar-refractivity contribution >= 4 is 33.4 Å². The zero-order chi connectivity index (χ0) is 19.0. The Labute approximate surface area is 151 Å². The van der Waals surface area contributed by atoms with Gasteiger partial charge in [0.15, 0.2) is 0 Å². The molecule has 0 radical (unpaired) electrons. The molecule has 2 rings (SSSR count). The van der Waals surface area contributed by atoms with Crippen molar-refractivity contribution in [2.75, 3.05) is 22.3 Å². The first-order valence-corrected chi connectivity index (χ1v) is 9.38. The summed E-state index contributed by atoms with van der Waals surface area (Å²) in [6.45, 7) is 1.24. The van der Waals surface area contributed by atoms with Crippen molar-refractivity contribution in [3.05, 3.63) is 54.6 Å². The average molecular weight is 377 g/mol. The summed E-state index contributed by atoms with van der Waals surface area (Å²) in [4.78, 5) is 22.7. The van der Waals surface area contributed by atoms with Crippen LogP contribution in [0.1, 0.15) is 6.92 Å². The predicted octanol–water partition coefficient (Wildman–Crippen LogP) is 2.18. The summed E-state index contributed by atoms with van der Waals surface area (Å²) in [7, 11) is -3.68. The number of carbonyl (C=O) groups is 2. The lowest BCUT2D eigenvalue weighted by Crippen LogP contribution is -2.33. The molecule has 0 saturated carbocycles. The van der Waals surface area contributed by atoms with Gasteiger partial charge in [0.2, 0.25) is 15.9 Å². The van der Waals surface area contributed by atoms with Crippen LogP contribution in [0.25, 0.3) is 0 Å². The van der Waals surface area contributed by atoms with E-state index in [0.29, 0.717) is 17.1 Å². The number of para-hydroxylation sites is 1. The van der Waals surface area contributed by atoms with Crippen LogP contribution in [-0.2, 0) is 14.8 Å². The van der Waals surface area contributed by atoms with Crippen molar-refractivity contribution < 1.29 is 22.7 Å². The highest BCUT2D eigenvalue weighted by Crippen LogP contribution is 2.16. The zero-order valence-electron chi connectivity index (χ0n) is 14.1. The highest BCUT2D eigenvalue weighted by molar-refractivity contribution is 7.92. The minimum absolute atomic E-state index is 0.119. The van der Waals surface area contributed by atoms with E-state index in [4.69, 9.17) is 4.74 Å². The lowest BCUT2D eigenvalue weighted by Gasteiger charge is -2.10. The van der Waals surface area contributed by atoms with Gasteiger partial charge >= 0.3 is 6.09 Å². The van der Waals surface area contributed by atoms with Crippen LogP contribution in [0.15, 0.2) is 54.6 Å². The molecule has 0 atom stereocenters. The average Bonchev–Trinajstić information content (AvgIpc) is 2.54. The summed E-state index contributed by atoms with van der Waals surface area (Å²) in [6, 6.07) is 14.7. The Balaban J connectivity index is 1.83. The first kappa shape index (κ1) is 19.3. The molecule has 0 aliphatic carbocycles. The van der Waals surface area contributed by atoms with Gasteiger partial charge in [-0.3, -0.25) is 9.52 Å². The molecule has 9 heteroatoms. The maximum absolute atomic E-state index is 12.1. The minimum atomic E-state index is -3.68. The molecular formula is C17H19N3O5S. The molecule has 26 heavy (non-hydrogen) atoms. The van der Waals surface area contributed by atoms with Gasteiger partial charge < -0.3 is 15.4 Å². The Morgan fingerprint density at radius 3 is 2.38 bits per heavy atom. The fourth-order valence-corrected chi connectivity index (χ4v) is 2.97. The lowest BCUT2D eigenvalue weighted by atomic mass is 10.3. The summed E-state index contributed by atoms with van der Waals surface area (Å²) >= 11 is 0. The molecule has 0 saturated heterocycles. The minimum Gasteiger partial charge on any atom is -0.410 e. The van der Waals surface area contributed by atoms with E-state index in [1.807, 2.05) is 0 Å². The molecule has 0 unspecified atom stereocenters. The second-order valence-corrected chi connectivity index (χ2v) is 7.15. The molecule has 0 fully saturated rings. The molecule has 2 aromatic rings. The molecule has 2 amide bonds. The van der Waals surface area contributed by atoms with E-state index in [2.05, 4.69) is 15.4 Å². The molecule has 0 aliphatic heterocycles. The summed E-state index contributed by atoms with van der Waals surface area (Å²) in [6.07, 6.45) is -0.737. The number of sulfonamides is 1. The fraction of sp³-hybridized carbons (Fsp3) is 0.176. The van der Waals surface area contributed by atoms with E-state index >= 15 is 0 Å². The molecule has 8 nitrogen and oxygen atoms in total. The third kappa shape index (κ3) is 6.81. The van der Waals surface area contributed by atoms with E-state index in [0.717, 1.165) is 0 Å². The maximum atomic E-state index is 12.1. The van der Waals surface area contributed by atoms with Gasteiger partial charge in [-0.25, -0.2) is 13.2 Å². The van der Waals surface area contributed by atoms with Gasteiger partial charge in [-0.1, -0.05) is 24.3 Å². The smallest absolute Gasteiger partial charge is 0.410 e. The lowest BCUT2D eigenvalue weighted by molar-refractivity contribution is -0.114. The SMILES string of the molecule is CC(=O)Nc1cccc(NS(=O)(=O)CCNC(=O)Oc2ccccc2)c1. The van der Waals surface area contributed by atoms with Crippen LogP contribution < -0.4 is 20.1 Å². The van der Waals surface area contributed by atoms with Gasteiger partial charge in [0.05, 0.1) is 11.4 Å². The van der Waals surface area contributed by atoms with Gasteiger partial charge in [0.1, 0.15) is 5.75 Å². The molecule has 0 aromatic heterocycles. The highest BCUT2D eigenvalue weighted by atomic mass is 32.2. The maximum Gasteiger partial charge on any atom is 0.412 e. The first-order chi connectivity index (χ1) is 12.3. The number of benzene rings is 2. The number of hydrogen-bond donors (Lipinski definition) is 3. The van der Waals surface area contributed by atoms with Crippen molar-refractivity contribution in [2.24, 2.45) is 0 Å². The number of rotatable bonds is 7. The normalized spacial score (nSPS) is 10.7. The van der Waals surface area contributed by atoms with Gasteiger partial charge in [-0.05, 0) is 30.3 Å². The Morgan fingerprint density at radius 2 is 1.69 bits per heavy atom. The Hall–Kier alpha value is -3.07. The number of nitrogens with one attached hydrogen (secondary N) is 3. The van der Waals surface area contributed by atoms with Crippen LogP contribution in [0.4, 0.5) is 16.2 Å². The number of amides is 2. The van der Waals surface area contributed by atoms with Crippen molar-refractivity contribution in [3.63, 3.8) is 0 Å². The zero-order valence-corrected chi connectivity index (χ0v) is 14.9. The van der Waals surface area contributed by atoms with Gasteiger partial charge in [0.25, 0.3) is 0 Å². The van der Waals surface area contributed by atoms with Crippen LogP contribution in [0.2, 0.25) is 0 Å². The van der Waals surface area contributed by atoms with Gasteiger partial charge in [-0.2, -0.15) is 0 Å². The number of anilines is 2. The molecule has 2 aromatic carbocycles. The van der Waals surface area contributed by atoms with Gasteiger partial charge in [0, 0.05) is 19.2 Å². The third-order valence-corrected chi connectivity index (χ3v) is 4.34. The molecule has 3 N–H and O–H groups in total. The van der Waals surface area contributed by atoms with Crippen molar-refractivity contribution in [1.29, 1.82) is 0 Å². The van der Waals surface area contributed by atoms with Crippen LogP contribution in [0.5, 0.6) is 5.75 Å². The van der Waals surface area contributed by atoms with E-state index in [-0.39, 0.29) is 18.2 Å². The Bertz CT molecular complexity index is 869. The molecular weight excluding hydrogens is 358 g/mol. The first-order valence-electron chi connectivity index (χ1n) is 7.73. The molecule has 138 valence electrons. The second-order valence-electron chi connectivity index (χ2n) is 5.31. The van der Waals surface area contributed by atoms with Crippen molar-refractivity contribution in [2.45, 2.75) is 6.92 Å². The monoisotopic (exact) mass is 377 g/mol. The number of ether oxygens (including phenoxy) is 1. The number of hydrogen-bond acceptors (Lipinski definition) is 5. The Morgan fingerprint density at radius 1 is 1.00 bits per heavy atom. The molecule has 0 bridgehead atoms.